The SMILES string of the molecule is CCNS(=O)(=O)c1ccc(C(=O)NCc2ccccc2COCC)cc1. The molecule has 1 amide bonds. The predicted molar refractivity (Wildman–Crippen MR) is 100 cm³/mol. The van der Waals surface area contributed by atoms with Gasteiger partial charge in [-0.25, -0.2) is 13.1 Å². The summed E-state index contributed by atoms with van der Waals surface area (Å²) in [7, 11) is -3.52. The van der Waals surface area contributed by atoms with Crippen molar-refractivity contribution >= 4 is 15.9 Å². The Bertz CT molecular complexity index is 833. The van der Waals surface area contributed by atoms with Gasteiger partial charge in [0.15, 0.2) is 0 Å². The third-order valence-electron chi connectivity index (χ3n) is 3.78. The van der Waals surface area contributed by atoms with Crippen LogP contribution in [-0.2, 0) is 27.9 Å². The van der Waals surface area contributed by atoms with E-state index in [1.54, 1.807) is 6.92 Å². The zero-order valence-electron chi connectivity index (χ0n) is 15.0. The van der Waals surface area contributed by atoms with Crippen molar-refractivity contribution in [2.24, 2.45) is 0 Å². The van der Waals surface area contributed by atoms with Crippen LogP contribution in [0, 0.1) is 0 Å². The number of nitrogens with one attached hydrogen (secondary N) is 2. The molecule has 0 aliphatic rings. The van der Waals surface area contributed by atoms with Gasteiger partial charge in [-0.15, -0.1) is 0 Å². The molecule has 0 heterocycles. The van der Waals surface area contributed by atoms with Crippen LogP contribution in [0.1, 0.15) is 35.3 Å². The van der Waals surface area contributed by atoms with Crippen LogP contribution in [0.3, 0.4) is 0 Å². The second-order valence-electron chi connectivity index (χ2n) is 5.61. The third kappa shape index (κ3) is 5.39. The summed E-state index contributed by atoms with van der Waals surface area (Å²) in [5.74, 6) is -0.261. The molecule has 140 valence electrons. The molecule has 2 rings (SSSR count). The molecule has 26 heavy (non-hydrogen) atoms. The van der Waals surface area contributed by atoms with E-state index in [4.69, 9.17) is 4.74 Å². The van der Waals surface area contributed by atoms with Gasteiger partial charge >= 0.3 is 0 Å². The van der Waals surface area contributed by atoms with E-state index in [1.807, 2.05) is 31.2 Å². The molecule has 0 atom stereocenters. The van der Waals surface area contributed by atoms with Crippen LogP contribution in [-0.4, -0.2) is 27.5 Å². The summed E-state index contributed by atoms with van der Waals surface area (Å²) in [4.78, 5) is 12.5. The average Bonchev–Trinajstić information content (AvgIpc) is 2.65. The number of ether oxygens (including phenoxy) is 1. The minimum atomic E-state index is -3.52. The van der Waals surface area contributed by atoms with Crippen LogP contribution in [0.5, 0.6) is 0 Å². The number of carbonyl (C=O) groups excluding carboxylic acids is 1. The molecular weight excluding hydrogens is 352 g/mol. The zero-order chi connectivity index (χ0) is 19.0. The fourth-order valence-corrected chi connectivity index (χ4v) is 3.46. The first-order valence-corrected chi connectivity index (χ1v) is 9.98. The molecule has 2 aromatic rings. The topological polar surface area (TPSA) is 84.5 Å². The Hall–Kier alpha value is -2.22. The fourth-order valence-electron chi connectivity index (χ4n) is 2.42. The Morgan fingerprint density at radius 1 is 1.00 bits per heavy atom. The van der Waals surface area contributed by atoms with Gasteiger partial charge in [-0.2, -0.15) is 0 Å². The van der Waals surface area contributed by atoms with E-state index in [1.165, 1.54) is 24.3 Å². The minimum absolute atomic E-state index is 0.137. The van der Waals surface area contributed by atoms with Crippen molar-refractivity contribution in [3.63, 3.8) is 0 Å². The van der Waals surface area contributed by atoms with Gasteiger partial charge in [0.05, 0.1) is 11.5 Å². The van der Waals surface area contributed by atoms with Crippen molar-refractivity contribution in [3.05, 3.63) is 65.2 Å². The third-order valence-corrected chi connectivity index (χ3v) is 5.34. The highest BCUT2D eigenvalue weighted by molar-refractivity contribution is 7.89. The lowest BCUT2D eigenvalue weighted by atomic mass is 10.1. The van der Waals surface area contributed by atoms with Crippen molar-refractivity contribution < 1.29 is 17.9 Å². The highest BCUT2D eigenvalue weighted by Gasteiger charge is 2.14. The van der Waals surface area contributed by atoms with Gasteiger partial charge in [-0.3, -0.25) is 4.79 Å². The number of sulfonamides is 1. The monoisotopic (exact) mass is 376 g/mol. The normalized spacial score (nSPS) is 11.3. The Morgan fingerprint density at radius 3 is 2.27 bits per heavy atom. The molecule has 0 aromatic heterocycles. The van der Waals surface area contributed by atoms with Crippen LogP contribution in [0.25, 0.3) is 0 Å². The van der Waals surface area contributed by atoms with Gasteiger partial charge in [-0.05, 0) is 42.3 Å². The van der Waals surface area contributed by atoms with Gasteiger partial charge in [0.1, 0.15) is 0 Å². The molecule has 0 bridgehead atoms. The second-order valence-corrected chi connectivity index (χ2v) is 7.38. The molecule has 7 heteroatoms. The molecule has 0 saturated carbocycles. The van der Waals surface area contributed by atoms with Gasteiger partial charge in [-0.1, -0.05) is 31.2 Å². The lowest BCUT2D eigenvalue weighted by Gasteiger charge is -2.11. The van der Waals surface area contributed by atoms with Crippen molar-refractivity contribution in [3.8, 4) is 0 Å². The zero-order valence-corrected chi connectivity index (χ0v) is 15.8. The Labute approximate surface area is 154 Å². The molecule has 2 N–H and O–H groups in total. The van der Waals surface area contributed by atoms with E-state index < -0.39 is 10.0 Å². The second kappa shape index (κ2) is 9.47. The molecule has 0 aliphatic heterocycles. The van der Waals surface area contributed by atoms with E-state index in [0.717, 1.165) is 11.1 Å². The van der Waals surface area contributed by atoms with Crippen LogP contribution >= 0.6 is 0 Å². The van der Waals surface area contributed by atoms with Crippen molar-refractivity contribution in [2.75, 3.05) is 13.2 Å². The number of hydrogen-bond acceptors (Lipinski definition) is 4. The number of rotatable bonds is 9. The van der Waals surface area contributed by atoms with Gasteiger partial charge < -0.3 is 10.1 Å². The van der Waals surface area contributed by atoms with E-state index in [2.05, 4.69) is 10.0 Å². The first-order chi connectivity index (χ1) is 12.5. The van der Waals surface area contributed by atoms with Gasteiger partial charge in [0.25, 0.3) is 5.91 Å². The quantitative estimate of drug-likeness (QED) is 0.704. The van der Waals surface area contributed by atoms with Crippen molar-refractivity contribution in [2.45, 2.75) is 31.9 Å². The average molecular weight is 376 g/mol. The minimum Gasteiger partial charge on any atom is -0.377 e. The summed E-state index contributed by atoms with van der Waals surface area (Å²) in [6, 6.07) is 13.6. The molecule has 0 unspecified atom stereocenters. The largest absolute Gasteiger partial charge is 0.377 e. The van der Waals surface area contributed by atoms with E-state index in [9.17, 15) is 13.2 Å². The number of benzene rings is 2. The summed E-state index contributed by atoms with van der Waals surface area (Å²) in [6.07, 6.45) is 0. The maximum atomic E-state index is 12.3. The van der Waals surface area contributed by atoms with E-state index in [0.29, 0.717) is 31.9 Å². The summed E-state index contributed by atoms with van der Waals surface area (Å²) in [6.45, 7) is 5.46. The maximum Gasteiger partial charge on any atom is 0.251 e. The lowest BCUT2D eigenvalue weighted by molar-refractivity contribution is 0.0949. The predicted octanol–water partition coefficient (Wildman–Crippen LogP) is 2.45. The molecule has 0 spiro atoms. The summed E-state index contributed by atoms with van der Waals surface area (Å²) >= 11 is 0. The van der Waals surface area contributed by atoms with Gasteiger partial charge in [0.2, 0.25) is 10.0 Å². The van der Waals surface area contributed by atoms with Crippen LogP contribution < -0.4 is 10.0 Å². The summed E-state index contributed by atoms with van der Waals surface area (Å²) in [5, 5.41) is 2.86. The van der Waals surface area contributed by atoms with Gasteiger partial charge in [0, 0.05) is 25.3 Å². The van der Waals surface area contributed by atoms with Crippen LogP contribution in [0.4, 0.5) is 0 Å². The molecular formula is C19H24N2O4S. The van der Waals surface area contributed by atoms with Crippen LogP contribution in [0.15, 0.2) is 53.4 Å². The standard InChI is InChI=1S/C19H24N2O4S/c1-3-21-26(23,24)18-11-9-15(10-12-18)19(22)20-13-16-7-5-6-8-17(16)14-25-4-2/h5-12,21H,3-4,13-14H2,1-2H3,(H,20,22). The Kier molecular flexibility index (Phi) is 7.32. The van der Waals surface area contributed by atoms with E-state index >= 15 is 0 Å². The number of amides is 1. The van der Waals surface area contributed by atoms with Crippen molar-refractivity contribution in [1.82, 2.24) is 10.0 Å². The fraction of sp³-hybridized carbons (Fsp3) is 0.316. The smallest absolute Gasteiger partial charge is 0.251 e. The Morgan fingerprint density at radius 2 is 1.65 bits per heavy atom. The maximum absolute atomic E-state index is 12.3. The first-order valence-electron chi connectivity index (χ1n) is 8.50. The number of carbonyl (C=O) groups is 1. The lowest BCUT2D eigenvalue weighted by Crippen LogP contribution is -2.25. The highest BCUT2D eigenvalue weighted by atomic mass is 32.2. The van der Waals surface area contributed by atoms with Crippen molar-refractivity contribution in [1.29, 1.82) is 0 Å². The molecule has 2 aromatic carbocycles. The summed E-state index contributed by atoms with van der Waals surface area (Å²) in [5.41, 5.74) is 2.42. The molecule has 6 nitrogen and oxygen atoms in total. The highest BCUT2D eigenvalue weighted by Crippen LogP contribution is 2.12. The molecule has 0 aliphatic carbocycles. The van der Waals surface area contributed by atoms with Crippen LogP contribution in [0.2, 0.25) is 0 Å². The first kappa shape index (κ1) is 20.1. The van der Waals surface area contributed by atoms with E-state index in [-0.39, 0.29) is 10.8 Å². The molecule has 0 saturated heterocycles. The molecule has 0 radical (unpaired) electrons. The Balaban J connectivity index is 2.03. The number of hydrogen-bond donors (Lipinski definition) is 2. The molecule has 0 fully saturated rings. The summed E-state index contributed by atoms with van der Waals surface area (Å²) < 4.78 is 31.7.